The molecule has 0 N–H and O–H groups in total. The Bertz CT molecular complexity index is 675. The Morgan fingerprint density at radius 1 is 0.826 bits per heavy atom. The van der Waals surface area contributed by atoms with Gasteiger partial charge in [-0.3, -0.25) is 0 Å². The summed E-state index contributed by atoms with van der Waals surface area (Å²) in [5.74, 6) is -0.946. The van der Waals surface area contributed by atoms with Crippen LogP contribution in [0.25, 0.3) is 0 Å². The monoisotopic (exact) mass is 368 g/mol. The summed E-state index contributed by atoms with van der Waals surface area (Å²) in [6, 6.07) is 15.5. The highest BCUT2D eigenvalue weighted by molar-refractivity contribution is 8.22. The van der Waals surface area contributed by atoms with Crippen LogP contribution >= 0.6 is 17.1 Å². The SMILES string of the molecule is CC(C)c1cccc(C(C)C)c1OP(=S)(Cl)Oc1ccccc1. The van der Waals surface area contributed by atoms with Crippen molar-refractivity contribution in [2.75, 3.05) is 0 Å². The summed E-state index contributed by atoms with van der Waals surface area (Å²) < 4.78 is 11.8. The van der Waals surface area contributed by atoms with Gasteiger partial charge in [0.2, 0.25) is 0 Å². The number of benzene rings is 2. The second-order valence-corrected chi connectivity index (χ2v) is 10.6. The molecule has 0 fully saturated rings. The second kappa shape index (κ2) is 7.70. The Kier molecular flexibility index (Phi) is 6.13. The van der Waals surface area contributed by atoms with Crippen LogP contribution in [0.3, 0.4) is 0 Å². The van der Waals surface area contributed by atoms with Crippen LogP contribution in [0.2, 0.25) is 0 Å². The first-order valence-corrected chi connectivity index (χ1v) is 11.2. The molecule has 0 heterocycles. The summed E-state index contributed by atoms with van der Waals surface area (Å²) in [6.07, 6.45) is 0. The molecule has 2 rings (SSSR count). The minimum Gasteiger partial charge on any atom is -0.425 e. The van der Waals surface area contributed by atoms with Gasteiger partial charge in [0, 0.05) is 11.8 Å². The van der Waals surface area contributed by atoms with Crippen molar-refractivity contribution in [3.05, 3.63) is 59.7 Å². The van der Waals surface area contributed by atoms with Crippen LogP contribution < -0.4 is 9.05 Å². The summed E-state index contributed by atoms with van der Waals surface area (Å²) >= 11 is 11.9. The standard InChI is InChI=1S/C18H22ClO2PS/c1-13(2)16-11-8-12-17(14(3)4)18(16)21-22(19,23)20-15-9-6-5-7-10-15/h5-14H,1-4H3. The average molecular weight is 369 g/mol. The highest BCUT2D eigenvalue weighted by Gasteiger charge is 2.24. The Balaban J connectivity index is 2.36. The molecule has 5 heteroatoms. The summed E-state index contributed by atoms with van der Waals surface area (Å²) in [6.45, 7) is 8.51. The third-order valence-corrected chi connectivity index (χ3v) is 5.17. The normalized spacial score (nSPS) is 13.9. The van der Waals surface area contributed by atoms with E-state index in [4.69, 9.17) is 32.1 Å². The molecule has 0 aliphatic heterocycles. The van der Waals surface area contributed by atoms with Crippen molar-refractivity contribution >= 4 is 28.9 Å². The zero-order valence-electron chi connectivity index (χ0n) is 13.8. The topological polar surface area (TPSA) is 18.5 Å². The first-order chi connectivity index (χ1) is 10.8. The zero-order chi connectivity index (χ0) is 17.0. The molecule has 124 valence electrons. The van der Waals surface area contributed by atoms with Gasteiger partial charge < -0.3 is 9.05 Å². The maximum absolute atomic E-state index is 6.44. The van der Waals surface area contributed by atoms with E-state index in [1.54, 1.807) is 0 Å². The lowest BCUT2D eigenvalue weighted by molar-refractivity contribution is 0.493. The number of para-hydroxylation sites is 2. The van der Waals surface area contributed by atoms with Gasteiger partial charge in [-0.2, -0.15) is 0 Å². The molecule has 1 unspecified atom stereocenters. The molecule has 0 amide bonds. The van der Waals surface area contributed by atoms with Crippen LogP contribution in [-0.4, -0.2) is 0 Å². The molecule has 0 saturated heterocycles. The molecule has 0 spiro atoms. The molecule has 0 bridgehead atoms. The molecule has 0 radical (unpaired) electrons. The number of hydrogen-bond donors (Lipinski definition) is 0. The number of halogens is 1. The molecule has 0 aliphatic rings. The van der Waals surface area contributed by atoms with E-state index < -0.39 is 5.84 Å². The molecule has 0 aromatic heterocycles. The quantitative estimate of drug-likeness (QED) is 0.519. The largest absolute Gasteiger partial charge is 0.425 e. The van der Waals surface area contributed by atoms with E-state index >= 15 is 0 Å². The highest BCUT2D eigenvalue weighted by Crippen LogP contribution is 2.55. The van der Waals surface area contributed by atoms with Gasteiger partial charge in [0.05, 0.1) is 0 Å². The summed E-state index contributed by atoms with van der Waals surface area (Å²) in [4.78, 5) is 0. The van der Waals surface area contributed by atoms with Crippen molar-refractivity contribution in [3.63, 3.8) is 0 Å². The van der Waals surface area contributed by atoms with Gasteiger partial charge in [0.15, 0.2) is 0 Å². The fraction of sp³-hybridized carbons (Fsp3) is 0.333. The van der Waals surface area contributed by atoms with Gasteiger partial charge in [-0.15, -0.1) is 0 Å². The molecule has 0 aliphatic carbocycles. The summed E-state index contributed by atoms with van der Waals surface area (Å²) in [5, 5.41) is 0. The van der Waals surface area contributed by atoms with E-state index in [0.29, 0.717) is 17.6 Å². The van der Waals surface area contributed by atoms with E-state index in [-0.39, 0.29) is 0 Å². The maximum atomic E-state index is 6.44. The van der Waals surface area contributed by atoms with E-state index in [1.165, 1.54) is 0 Å². The van der Waals surface area contributed by atoms with Gasteiger partial charge in [-0.25, -0.2) is 0 Å². The third kappa shape index (κ3) is 4.97. The lowest BCUT2D eigenvalue weighted by Gasteiger charge is -2.24. The van der Waals surface area contributed by atoms with E-state index in [0.717, 1.165) is 16.9 Å². The Labute approximate surface area is 148 Å². The van der Waals surface area contributed by atoms with Gasteiger partial charge in [-0.05, 0) is 46.3 Å². The molecule has 1 atom stereocenters. The van der Waals surface area contributed by atoms with Gasteiger partial charge in [0.25, 0.3) is 0 Å². The Morgan fingerprint density at radius 2 is 1.35 bits per heavy atom. The molecule has 2 aromatic rings. The first kappa shape index (κ1) is 18.3. The number of rotatable bonds is 6. The Morgan fingerprint density at radius 3 is 1.83 bits per heavy atom. The van der Waals surface area contributed by atoms with Crippen molar-refractivity contribution in [2.24, 2.45) is 0 Å². The molecular formula is C18H22ClO2PS. The predicted octanol–water partition coefficient (Wildman–Crippen LogP) is 6.85. The molecule has 2 aromatic carbocycles. The molecule has 23 heavy (non-hydrogen) atoms. The van der Waals surface area contributed by atoms with Crippen LogP contribution in [0.5, 0.6) is 11.5 Å². The number of hydrogen-bond acceptors (Lipinski definition) is 3. The van der Waals surface area contributed by atoms with Crippen molar-refractivity contribution < 1.29 is 9.05 Å². The van der Waals surface area contributed by atoms with Crippen LogP contribution in [0.15, 0.2) is 48.5 Å². The van der Waals surface area contributed by atoms with Crippen LogP contribution in [0.4, 0.5) is 0 Å². The van der Waals surface area contributed by atoms with E-state index in [9.17, 15) is 0 Å². The summed E-state index contributed by atoms with van der Waals surface area (Å²) in [5.41, 5.74) is 2.20. The molecule has 0 saturated carbocycles. The fourth-order valence-corrected chi connectivity index (χ4v) is 4.09. The van der Waals surface area contributed by atoms with Gasteiger partial charge >= 0.3 is 5.84 Å². The predicted molar refractivity (Wildman–Crippen MR) is 102 cm³/mol. The lowest BCUT2D eigenvalue weighted by Crippen LogP contribution is -2.03. The molecule has 2 nitrogen and oxygen atoms in total. The third-order valence-electron chi connectivity index (χ3n) is 3.48. The molecular weight excluding hydrogens is 347 g/mol. The maximum Gasteiger partial charge on any atom is 0.384 e. The van der Waals surface area contributed by atoms with Gasteiger partial charge in [0.1, 0.15) is 11.5 Å². The van der Waals surface area contributed by atoms with Gasteiger partial charge in [-0.1, -0.05) is 64.1 Å². The second-order valence-electron chi connectivity index (χ2n) is 6.00. The zero-order valence-corrected chi connectivity index (χ0v) is 16.3. The smallest absolute Gasteiger partial charge is 0.384 e. The van der Waals surface area contributed by atoms with Crippen molar-refractivity contribution in [1.29, 1.82) is 0 Å². The highest BCUT2D eigenvalue weighted by atomic mass is 35.7. The van der Waals surface area contributed by atoms with Crippen molar-refractivity contribution in [2.45, 2.75) is 39.5 Å². The summed E-state index contributed by atoms with van der Waals surface area (Å²) in [7, 11) is 0. The van der Waals surface area contributed by atoms with Crippen LogP contribution in [0.1, 0.15) is 50.7 Å². The lowest BCUT2D eigenvalue weighted by atomic mass is 9.94. The van der Waals surface area contributed by atoms with Crippen LogP contribution in [0, 0.1) is 0 Å². The van der Waals surface area contributed by atoms with Crippen LogP contribution in [-0.2, 0) is 11.8 Å². The minimum atomic E-state index is -2.96. The minimum absolute atomic E-state index is 0.312. The fourth-order valence-electron chi connectivity index (χ4n) is 2.32. The first-order valence-electron chi connectivity index (χ1n) is 7.67. The van der Waals surface area contributed by atoms with E-state index in [2.05, 4.69) is 39.8 Å². The Hall–Kier alpha value is -1.02. The van der Waals surface area contributed by atoms with Crippen molar-refractivity contribution in [1.82, 2.24) is 0 Å². The van der Waals surface area contributed by atoms with Crippen molar-refractivity contribution in [3.8, 4) is 11.5 Å². The average Bonchev–Trinajstić information content (AvgIpc) is 2.47. The van der Waals surface area contributed by atoms with E-state index in [1.807, 2.05) is 36.4 Å².